The number of anilines is 1. The third-order valence-electron chi connectivity index (χ3n) is 9.83. The number of aliphatic hydroxyl groups is 2. The first kappa shape index (κ1) is 51.2. The van der Waals surface area contributed by atoms with Crippen molar-refractivity contribution in [2.24, 2.45) is 11.8 Å². The summed E-state index contributed by atoms with van der Waals surface area (Å²) < 4.78 is 36.8. The van der Waals surface area contributed by atoms with Crippen molar-refractivity contribution >= 4 is 31.3 Å². The van der Waals surface area contributed by atoms with E-state index in [0.29, 0.717) is 6.42 Å². The Bertz CT molecular complexity index is 1470. The summed E-state index contributed by atoms with van der Waals surface area (Å²) in [4.78, 5) is 54.8. The number of aliphatic hydroxyl groups excluding tert-OH is 2. The van der Waals surface area contributed by atoms with E-state index in [9.17, 15) is 34.0 Å². The molecule has 1 aromatic heterocycles. The zero-order chi connectivity index (χ0) is 43.1. The minimum atomic E-state index is -4.32. The van der Waals surface area contributed by atoms with Crippen molar-refractivity contribution < 1.29 is 47.9 Å². The molecule has 6 atom stereocenters. The Morgan fingerprint density at radius 1 is 0.845 bits per heavy atom. The highest BCUT2D eigenvalue weighted by molar-refractivity contribution is 7.54. The number of nitrogens with one attached hydrogen (secondary N) is 3. The molecule has 2 heterocycles. The molecule has 17 heteroatoms. The Labute approximate surface area is 345 Å². The number of methoxy groups -OCH3 is 2. The minimum absolute atomic E-state index is 0.0309. The molecule has 1 amide bonds. The van der Waals surface area contributed by atoms with Crippen LogP contribution in [0.4, 0.5) is 5.82 Å². The van der Waals surface area contributed by atoms with Gasteiger partial charge in [0.2, 0.25) is 5.91 Å². The number of unbranched alkanes of at least 4 members (excludes halogenated alkanes) is 11. The Morgan fingerprint density at radius 3 is 1.86 bits per heavy atom. The molecular formula is C41H72N5O11P. The van der Waals surface area contributed by atoms with Gasteiger partial charge in [-0.05, 0) is 62.8 Å². The Hall–Kier alpha value is -2.98. The lowest BCUT2D eigenvalue weighted by atomic mass is 10.1. The van der Waals surface area contributed by atoms with Gasteiger partial charge in [0, 0.05) is 12.6 Å². The Morgan fingerprint density at radius 2 is 1.36 bits per heavy atom. The van der Waals surface area contributed by atoms with Gasteiger partial charge in [-0.15, -0.1) is 0 Å². The van der Waals surface area contributed by atoms with E-state index in [0.717, 1.165) is 43.1 Å². The van der Waals surface area contributed by atoms with Crippen molar-refractivity contribution in [1.29, 1.82) is 0 Å². The lowest BCUT2D eigenvalue weighted by molar-refractivity contribution is -0.143. The van der Waals surface area contributed by atoms with Crippen LogP contribution in [0.2, 0.25) is 0 Å². The normalized spacial score (nSPS) is 19.5. The van der Waals surface area contributed by atoms with E-state index in [-0.39, 0.29) is 42.8 Å². The summed E-state index contributed by atoms with van der Waals surface area (Å²) >= 11 is 0. The zero-order valence-electron chi connectivity index (χ0n) is 35.9. The van der Waals surface area contributed by atoms with Gasteiger partial charge < -0.3 is 34.3 Å². The Balaban J connectivity index is 1.95. The molecule has 1 aliphatic heterocycles. The van der Waals surface area contributed by atoms with Crippen LogP contribution in [0, 0.1) is 11.8 Å². The van der Waals surface area contributed by atoms with Crippen LogP contribution in [0.1, 0.15) is 144 Å². The molecule has 0 spiro atoms. The van der Waals surface area contributed by atoms with Gasteiger partial charge in [-0.25, -0.2) is 15.0 Å². The summed E-state index contributed by atoms with van der Waals surface area (Å²) in [5, 5.41) is 29.8. The molecule has 1 aromatic rings. The number of rotatable bonds is 30. The number of carbonyl (C=O) groups is 3. The molecule has 1 saturated heterocycles. The van der Waals surface area contributed by atoms with Crippen molar-refractivity contribution in [1.82, 2.24) is 19.7 Å². The summed E-state index contributed by atoms with van der Waals surface area (Å²) in [6.45, 7) is 9.06. The van der Waals surface area contributed by atoms with Gasteiger partial charge in [-0.3, -0.25) is 23.5 Å². The SMILES string of the molecule is CCCCCCCC/C=C/CCCCCCCC(=O)Nc1ccn([C@@H]2O[C@H](COP(=O)(N[C@@H](CC(C)C)C(=O)OC)N[C@@H](CC(C)C)C(=O)OC)C(O)[C@H]2O)c(=O)n1. The maximum absolute atomic E-state index is 14.4. The number of hydrogen-bond acceptors (Lipinski definition) is 12. The van der Waals surface area contributed by atoms with Gasteiger partial charge >= 0.3 is 25.3 Å². The van der Waals surface area contributed by atoms with Gasteiger partial charge in [-0.1, -0.05) is 98.1 Å². The first-order valence-electron chi connectivity index (χ1n) is 21.2. The van der Waals surface area contributed by atoms with Crippen molar-refractivity contribution in [3.05, 3.63) is 34.9 Å². The predicted molar refractivity (Wildman–Crippen MR) is 223 cm³/mol. The first-order chi connectivity index (χ1) is 27.6. The van der Waals surface area contributed by atoms with Crippen molar-refractivity contribution in [2.45, 2.75) is 174 Å². The van der Waals surface area contributed by atoms with Crippen molar-refractivity contribution in [2.75, 3.05) is 26.1 Å². The van der Waals surface area contributed by atoms with E-state index in [1.54, 1.807) is 0 Å². The number of aromatic nitrogens is 2. The summed E-state index contributed by atoms with van der Waals surface area (Å²) in [5.74, 6) is -1.72. The largest absolute Gasteiger partial charge is 0.468 e. The predicted octanol–water partition coefficient (Wildman–Crippen LogP) is 6.32. The number of carbonyl (C=O) groups excluding carboxylic acids is 3. The quantitative estimate of drug-likeness (QED) is 0.0248. The van der Waals surface area contributed by atoms with E-state index in [1.165, 1.54) is 65.0 Å². The maximum atomic E-state index is 14.4. The van der Waals surface area contributed by atoms with Crippen LogP contribution >= 0.6 is 7.67 Å². The molecule has 0 aliphatic carbocycles. The molecule has 2 rings (SSSR count). The highest BCUT2D eigenvalue weighted by atomic mass is 31.2. The van der Waals surface area contributed by atoms with E-state index in [1.807, 2.05) is 27.7 Å². The van der Waals surface area contributed by atoms with E-state index in [4.69, 9.17) is 18.7 Å². The van der Waals surface area contributed by atoms with Crippen LogP contribution in [-0.2, 0) is 37.7 Å². The number of allylic oxidation sites excluding steroid dienone is 2. The second kappa shape index (κ2) is 27.7. The zero-order valence-corrected chi connectivity index (χ0v) is 36.8. The molecule has 0 radical (unpaired) electrons. The van der Waals surface area contributed by atoms with Crippen molar-refractivity contribution in [3.8, 4) is 0 Å². The highest BCUT2D eigenvalue weighted by Gasteiger charge is 2.46. The fraction of sp³-hybridized carbons (Fsp3) is 0.780. The highest BCUT2D eigenvalue weighted by Crippen LogP contribution is 2.42. The smallest absolute Gasteiger partial charge is 0.351 e. The molecule has 332 valence electrons. The molecule has 58 heavy (non-hydrogen) atoms. The third kappa shape index (κ3) is 18.9. The lowest BCUT2D eigenvalue weighted by Gasteiger charge is -2.30. The van der Waals surface area contributed by atoms with Crippen LogP contribution < -0.4 is 21.2 Å². The molecule has 1 unspecified atom stereocenters. The number of nitrogens with zero attached hydrogens (tertiary/aromatic N) is 2. The standard InChI is InChI=1S/C41H72N5O11P/c1-8-9-10-11-12-13-14-15-16-17-18-19-20-21-22-23-35(47)42-34-24-25-46(41(52)43-34)38-37(49)36(48)33(57-38)28-56-58(53,44-31(26-29(2)3)39(50)54-6)45-32(27-30(4)5)40(51)55-7/h15-16,24-25,29-33,36-38,48-49H,8-14,17-23,26-28H2,1-7H3,(H2,44,45,53)(H,42,43,47,52)/b16-15+/t31-,32-,33+,36?,37+,38+/m0/s1. The first-order valence-corrected chi connectivity index (χ1v) is 22.8. The van der Waals surface area contributed by atoms with Gasteiger partial charge in [0.25, 0.3) is 0 Å². The molecule has 0 bridgehead atoms. The number of ether oxygens (including phenoxy) is 3. The fourth-order valence-electron chi connectivity index (χ4n) is 6.67. The topological polar surface area (TPSA) is 217 Å². The second-order valence-electron chi connectivity index (χ2n) is 15.9. The molecular weight excluding hydrogens is 769 g/mol. The summed E-state index contributed by atoms with van der Waals surface area (Å²) in [6, 6.07) is -0.810. The number of amides is 1. The maximum Gasteiger partial charge on any atom is 0.351 e. The molecule has 5 N–H and O–H groups in total. The number of esters is 2. The van der Waals surface area contributed by atoms with Crippen LogP contribution in [0.5, 0.6) is 0 Å². The second-order valence-corrected chi connectivity index (χ2v) is 17.8. The summed E-state index contributed by atoms with van der Waals surface area (Å²) in [7, 11) is -1.94. The van der Waals surface area contributed by atoms with Gasteiger partial charge in [0.05, 0.1) is 20.8 Å². The molecule has 16 nitrogen and oxygen atoms in total. The van der Waals surface area contributed by atoms with Gasteiger partial charge in [-0.2, -0.15) is 4.98 Å². The molecule has 1 aliphatic rings. The summed E-state index contributed by atoms with van der Waals surface area (Å²) in [5.41, 5.74) is -0.852. The van der Waals surface area contributed by atoms with Crippen LogP contribution in [-0.4, -0.2) is 88.8 Å². The molecule has 1 fully saturated rings. The molecule has 0 aromatic carbocycles. The van der Waals surface area contributed by atoms with E-state index < -0.39 is 68.5 Å². The van der Waals surface area contributed by atoms with Crippen molar-refractivity contribution in [3.63, 3.8) is 0 Å². The Kier molecular flexibility index (Phi) is 24.4. The van der Waals surface area contributed by atoms with Crippen LogP contribution in [0.15, 0.2) is 29.2 Å². The van der Waals surface area contributed by atoms with Gasteiger partial charge in [0.1, 0.15) is 36.2 Å². The van der Waals surface area contributed by atoms with E-state index >= 15 is 0 Å². The third-order valence-corrected chi connectivity index (χ3v) is 11.6. The average molecular weight is 842 g/mol. The number of hydrogen-bond donors (Lipinski definition) is 5. The van der Waals surface area contributed by atoms with Gasteiger partial charge in [0.15, 0.2) is 6.23 Å². The van der Waals surface area contributed by atoms with Crippen LogP contribution in [0.3, 0.4) is 0 Å². The minimum Gasteiger partial charge on any atom is -0.468 e. The lowest BCUT2D eigenvalue weighted by Crippen LogP contribution is -2.46. The monoisotopic (exact) mass is 841 g/mol. The molecule has 0 saturated carbocycles. The van der Waals surface area contributed by atoms with Crippen LogP contribution in [0.25, 0.3) is 0 Å². The van der Waals surface area contributed by atoms with E-state index in [2.05, 4.69) is 39.6 Å². The summed E-state index contributed by atoms with van der Waals surface area (Å²) in [6.07, 6.45) is 15.6. The fourth-order valence-corrected chi connectivity index (χ4v) is 8.49. The average Bonchev–Trinajstić information content (AvgIpc) is 3.45.